The van der Waals surface area contributed by atoms with E-state index in [0.29, 0.717) is 27.7 Å². The zero-order chi connectivity index (χ0) is 14.2. The maximum Gasteiger partial charge on any atom is 0.123 e. The Labute approximate surface area is 115 Å². The number of aliphatic hydroxyl groups excluding tert-OH is 1. The minimum atomic E-state index is -0.928. The first kappa shape index (κ1) is 13.8. The first-order valence-electron chi connectivity index (χ1n) is 5.81. The first-order chi connectivity index (χ1) is 8.90. The minimum absolute atomic E-state index is 0.226. The molecule has 6 heteroatoms. The van der Waals surface area contributed by atoms with Crippen LogP contribution in [-0.2, 0) is 13.5 Å². The number of nitrogen functional groups attached to an aromatic ring is 1. The fourth-order valence-electron chi connectivity index (χ4n) is 2.03. The molecule has 2 rings (SSSR count). The number of aliphatic hydroxyl groups is 1. The van der Waals surface area contributed by atoms with Crippen LogP contribution in [0.4, 0.5) is 10.1 Å². The van der Waals surface area contributed by atoms with Gasteiger partial charge in [-0.15, -0.1) is 0 Å². The van der Waals surface area contributed by atoms with Crippen molar-refractivity contribution in [1.29, 1.82) is 0 Å². The molecule has 102 valence electrons. The molecule has 0 saturated heterocycles. The normalized spacial score (nSPS) is 12.7. The van der Waals surface area contributed by atoms with E-state index in [4.69, 9.17) is 17.3 Å². The highest BCUT2D eigenvalue weighted by molar-refractivity contribution is 6.31. The first-order valence-corrected chi connectivity index (χ1v) is 6.19. The quantitative estimate of drug-likeness (QED) is 0.850. The highest BCUT2D eigenvalue weighted by Crippen LogP contribution is 2.28. The van der Waals surface area contributed by atoms with Gasteiger partial charge >= 0.3 is 0 Å². The van der Waals surface area contributed by atoms with Crippen molar-refractivity contribution in [2.24, 2.45) is 7.05 Å². The molecule has 0 saturated carbocycles. The van der Waals surface area contributed by atoms with Gasteiger partial charge in [0.1, 0.15) is 5.82 Å². The maximum atomic E-state index is 13.2. The van der Waals surface area contributed by atoms with Crippen LogP contribution in [0, 0.1) is 12.7 Å². The third kappa shape index (κ3) is 2.72. The largest absolute Gasteiger partial charge is 0.398 e. The van der Waals surface area contributed by atoms with Crippen LogP contribution in [0.5, 0.6) is 0 Å². The van der Waals surface area contributed by atoms with Gasteiger partial charge in [-0.3, -0.25) is 4.68 Å². The highest BCUT2D eigenvalue weighted by atomic mass is 35.5. The monoisotopic (exact) mass is 283 g/mol. The Morgan fingerprint density at radius 3 is 2.79 bits per heavy atom. The molecule has 4 nitrogen and oxygen atoms in total. The number of aromatic nitrogens is 2. The molecular formula is C13H15ClFN3O. The lowest BCUT2D eigenvalue weighted by Crippen LogP contribution is -2.09. The summed E-state index contributed by atoms with van der Waals surface area (Å²) >= 11 is 6.12. The molecule has 0 radical (unpaired) electrons. The number of nitrogens with two attached hydrogens (primary N) is 1. The topological polar surface area (TPSA) is 64.1 Å². The van der Waals surface area contributed by atoms with Crippen LogP contribution in [0.1, 0.15) is 23.1 Å². The molecule has 1 heterocycles. The molecule has 1 aromatic carbocycles. The van der Waals surface area contributed by atoms with Crippen molar-refractivity contribution >= 4 is 17.3 Å². The van der Waals surface area contributed by atoms with Crippen LogP contribution < -0.4 is 5.73 Å². The molecule has 3 N–H and O–H groups in total. The molecule has 0 aliphatic heterocycles. The average molecular weight is 284 g/mol. The van der Waals surface area contributed by atoms with E-state index < -0.39 is 11.9 Å². The van der Waals surface area contributed by atoms with Crippen LogP contribution in [0.25, 0.3) is 0 Å². The van der Waals surface area contributed by atoms with Crippen LogP contribution in [0.2, 0.25) is 5.02 Å². The van der Waals surface area contributed by atoms with Gasteiger partial charge in [0.05, 0.1) is 22.5 Å². The lowest BCUT2D eigenvalue weighted by Gasteiger charge is -2.14. The fourth-order valence-corrected chi connectivity index (χ4v) is 2.27. The molecule has 19 heavy (non-hydrogen) atoms. The summed E-state index contributed by atoms with van der Waals surface area (Å²) in [7, 11) is 1.75. The molecule has 2 aromatic rings. The minimum Gasteiger partial charge on any atom is -0.398 e. The van der Waals surface area contributed by atoms with E-state index in [1.807, 2.05) is 0 Å². The Hall–Kier alpha value is -1.59. The van der Waals surface area contributed by atoms with Crippen molar-refractivity contribution in [3.8, 4) is 0 Å². The molecule has 0 aliphatic carbocycles. The van der Waals surface area contributed by atoms with Gasteiger partial charge in [-0.1, -0.05) is 11.6 Å². The summed E-state index contributed by atoms with van der Waals surface area (Å²) in [5, 5.41) is 14.9. The Bertz CT molecular complexity index is 612. The van der Waals surface area contributed by atoms with Crippen molar-refractivity contribution < 1.29 is 9.50 Å². The molecule has 0 fully saturated rings. The summed E-state index contributed by atoms with van der Waals surface area (Å²) in [6, 6.07) is 3.92. The number of hydrogen-bond donors (Lipinski definition) is 2. The number of benzene rings is 1. The number of nitrogens with zero attached hydrogens (tertiary/aromatic N) is 2. The van der Waals surface area contributed by atoms with Crippen molar-refractivity contribution in [2.45, 2.75) is 19.4 Å². The van der Waals surface area contributed by atoms with Gasteiger partial charge in [-0.25, -0.2) is 4.39 Å². The van der Waals surface area contributed by atoms with Gasteiger partial charge in [0.25, 0.3) is 0 Å². The predicted molar refractivity (Wildman–Crippen MR) is 72.4 cm³/mol. The Balaban J connectivity index is 2.30. The number of rotatable bonds is 3. The number of aryl methyl sites for hydroxylation is 2. The van der Waals surface area contributed by atoms with E-state index in [9.17, 15) is 9.50 Å². The Morgan fingerprint density at radius 1 is 1.53 bits per heavy atom. The molecule has 0 bridgehead atoms. The van der Waals surface area contributed by atoms with Gasteiger partial charge in [0.15, 0.2) is 0 Å². The van der Waals surface area contributed by atoms with E-state index in [0.717, 1.165) is 0 Å². The highest BCUT2D eigenvalue weighted by Gasteiger charge is 2.18. The van der Waals surface area contributed by atoms with Crippen LogP contribution in [0.3, 0.4) is 0 Å². The van der Waals surface area contributed by atoms with E-state index >= 15 is 0 Å². The Morgan fingerprint density at radius 2 is 2.21 bits per heavy atom. The standard InChI is InChI=1S/C13H15ClFN3O/c1-7-13(14)11(18(2)17-7)6-12(19)9-5-8(15)3-4-10(9)16/h3-5,12,19H,6,16H2,1-2H3. The maximum absolute atomic E-state index is 13.2. The van der Waals surface area contributed by atoms with Crippen molar-refractivity contribution in [1.82, 2.24) is 9.78 Å². The molecule has 0 amide bonds. The van der Waals surface area contributed by atoms with E-state index in [1.54, 1.807) is 18.7 Å². The second kappa shape index (κ2) is 5.19. The molecule has 0 aliphatic rings. The molecule has 1 unspecified atom stereocenters. The molecule has 0 spiro atoms. The summed E-state index contributed by atoms with van der Waals surface area (Å²) < 4.78 is 14.8. The Kier molecular flexibility index (Phi) is 3.78. The van der Waals surface area contributed by atoms with Gasteiger partial charge in [0.2, 0.25) is 0 Å². The molecular weight excluding hydrogens is 269 g/mol. The molecule has 1 atom stereocenters. The van der Waals surface area contributed by atoms with Gasteiger partial charge in [-0.2, -0.15) is 5.10 Å². The fraction of sp³-hybridized carbons (Fsp3) is 0.308. The van der Waals surface area contributed by atoms with Crippen molar-refractivity contribution in [3.63, 3.8) is 0 Å². The third-order valence-electron chi connectivity index (χ3n) is 3.06. The summed E-state index contributed by atoms with van der Waals surface area (Å²) in [6.07, 6.45) is -0.702. The van der Waals surface area contributed by atoms with Crippen molar-refractivity contribution in [2.75, 3.05) is 5.73 Å². The van der Waals surface area contributed by atoms with Crippen LogP contribution >= 0.6 is 11.6 Å². The van der Waals surface area contributed by atoms with E-state index in [2.05, 4.69) is 5.10 Å². The molecule has 1 aromatic heterocycles. The third-order valence-corrected chi connectivity index (χ3v) is 3.55. The summed E-state index contributed by atoms with van der Waals surface area (Å²) in [5.74, 6) is -0.435. The van der Waals surface area contributed by atoms with Gasteiger partial charge in [0, 0.05) is 24.7 Å². The second-order valence-corrected chi connectivity index (χ2v) is 4.84. The average Bonchev–Trinajstić information content (AvgIpc) is 2.59. The second-order valence-electron chi connectivity index (χ2n) is 4.46. The zero-order valence-corrected chi connectivity index (χ0v) is 11.4. The van der Waals surface area contributed by atoms with Gasteiger partial charge in [-0.05, 0) is 25.1 Å². The summed E-state index contributed by atoms with van der Waals surface area (Å²) in [4.78, 5) is 0. The SMILES string of the molecule is Cc1nn(C)c(CC(O)c2cc(F)ccc2N)c1Cl. The van der Waals surface area contributed by atoms with Crippen LogP contribution in [0.15, 0.2) is 18.2 Å². The smallest absolute Gasteiger partial charge is 0.123 e. The number of hydrogen-bond acceptors (Lipinski definition) is 3. The van der Waals surface area contributed by atoms with E-state index in [-0.39, 0.29) is 6.42 Å². The lowest BCUT2D eigenvalue weighted by molar-refractivity contribution is 0.176. The summed E-state index contributed by atoms with van der Waals surface area (Å²) in [6.45, 7) is 1.79. The number of anilines is 1. The lowest BCUT2D eigenvalue weighted by atomic mass is 10.0. The van der Waals surface area contributed by atoms with Crippen LogP contribution in [-0.4, -0.2) is 14.9 Å². The zero-order valence-electron chi connectivity index (χ0n) is 10.7. The van der Waals surface area contributed by atoms with Gasteiger partial charge < -0.3 is 10.8 Å². The predicted octanol–water partition coefficient (Wildman–Crippen LogP) is 2.38. The number of halogens is 2. The van der Waals surface area contributed by atoms with Crippen molar-refractivity contribution in [3.05, 3.63) is 46.0 Å². The van der Waals surface area contributed by atoms with E-state index in [1.165, 1.54) is 18.2 Å². The summed E-state index contributed by atoms with van der Waals surface area (Å²) in [5.41, 5.74) is 7.83.